The van der Waals surface area contributed by atoms with Gasteiger partial charge in [0, 0.05) is 83.4 Å². The van der Waals surface area contributed by atoms with Crippen LogP contribution in [0, 0.1) is 12.8 Å². The number of nitrogens with zero attached hydrogens (tertiary/aromatic N) is 5. The smallest absolute Gasteiger partial charge is 0.259 e. The average molecular weight is 660 g/mol. The van der Waals surface area contributed by atoms with Crippen molar-refractivity contribution >= 4 is 16.7 Å². The number of carbonyl (C=O) groups excluding carboxylic acids is 1. The molecular formula is C42H53N5O2. The Balaban J connectivity index is 0.000000883. The van der Waals surface area contributed by atoms with E-state index >= 15 is 0 Å². The minimum atomic E-state index is -0.00596. The summed E-state index contributed by atoms with van der Waals surface area (Å²) in [5.74, 6) is 1.97. The maximum absolute atomic E-state index is 12.8. The molecule has 258 valence electrons. The summed E-state index contributed by atoms with van der Waals surface area (Å²) in [4.78, 5) is 36.8. The van der Waals surface area contributed by atoms with Crippen molar-refractivity contribution in [1.29, 1.82) is 0 Å². The van der Waals surface area contributed by atoms with Gasteiger partial charge < -0.3 is 9.47 Å². The lowest BCUT2D eigenvalue weighted by Crippen LogP contribution is -2.46. The van der Waals surface area contributed by atoms with Crippen LogP contribution in [0.4, 0.5) is 0 Å². The van der Waals surface area contributed by atoms with Crippen molar-refractivity contribution in [2.45, 2.75) is 91.3 Å². The Morgan fingerprint density at radius 3 is 2.29 bits per heavy atom. The lowest BCUT2D eigenvalue weighted by Gasteiger charge is -2.38. The summed E-state index contributed by atoms with van der Waals surface area (Å²) in [6.07, 6.45) is 12.5. The van der Waals surface area contributed by atoms with Crippen LogP contribution in [0.25, 0.3) is 21.9 Å². The summed E-state index contributed by atoms with van der Waals surface area (Å²) in [7, 11) is 1.83. The van der Waals surface area contributed by atoms with Crippen molar-refractivity contribution in [1.82, 2.24) is 24.3 Å². The molecule has 2 aromatic carbocycles. The predicted molar refractivity (Wildman–Crippen MR) is 199 cm³/mol. The Morgan fingerprint density at radius 1 is 0.898 bits per heavy atom. The maximum Gasteiger partial charge on any atom is 0.259 e. The molecule has 1 unspecified atom stereocenters. The summed E-state index contributed by atoms with van der Waals surface area (Å²) in [5.41, 5.74) is 10.8. The topological polar surface area (TPSA) is 61.7 Å². The van der Waals surface area contributed by atoms with E-state index in [-0.39, 0.29) is 17.5 Å². The largest absolute Gasteiger partial charge is 0.336 e. The van der Waals surface area contributed by atoms with E-state index in [1.165, 1.54) is 64.6 Å². The number of carbonyl (C=O) groups is 1. The molecule has 1 amide bonds. The minimum absolute atomic E-state index is 0.00596. The third kappa shape index (κ3) is 7.25. The van der Waals surface area contributed by atoms with Crippen LogP contribution in [0.1, 0.15) is 98.2 Å². The molecule has 0 spiro atoms. The van der Waals surface area contributed by atoms with Gasteiger partial charge in [-0.05, 0) is 95.3 Å². The molecule has 1 atom stereocenters. The zero-order valence-corrected chi connectivity index (χ0v) is 30.2. The lowest BCUT2D eigenvalue weighted by molar-refractivity contribution is -0.133. The Morgan fingerprint density at radius 2 is 1.61 bits per heavy atom. The summed E-state index contributed by atoms with van der Waals surface area (Å²) in [5, 5.41) is 1.64. The fourth-order valence-corrected chi connectivity index (χ4v) is 7.89. The number of benzene rings is 2. The van der Waals surface area contributed by atoms with E-state index in [0.717, 1.165) is 69.1 Å². The number of aryl methyl sites for hydroxylation is 2. The van der Waals surface area contributed by atoms with Gasteiger partial charge in [0.2, 0.25) is 5.91 Å². The van der Waals surface area contributed by atoms with Crippen LogP contribution in [0.15, 0.2) is 59.8 Å². The van der Waals surface area contributed by atoms with Crippen molar-refractivity contribution in [2.75, 3.05) is 32.7 Å². The van der Waals surface area contributed by atoms with Crippen LogP contribution < -0.4 is 5.56 Å². The van der Waals surface area contributed by atoms with Gasteiger partial charge in [-0.1, -0.05) is 57.0 Å². The first kappa shape index (κ1) is 33.7. The highest BCUT2D eigenvalue weighted by atomic mass is 16.2. The molecular weight excluding hydrogens is 606 g/mol. The number of rotatable bonds is 7. The van der Waals surface area contributed by atoms with E-state index < -0.39 is 0 Å². The van der Waals surface area contributed by atoms with Crippen molar-refractivity contribution in [3.05, 3.63) is 98.7 Å². The highest BCUT2D eigenvalue weighted by Crippen LogP contribution is 2.45. The maximum atomic E-state index is 12.8. The fraction of sp³-hybridized carbons (Fsp3) is 0.500. The summed E-state index contributed by atoms with van der Waals surface area (Å²) < 4.78 is 1.69. The van der Waals surface area contributed by atoms with Gasteiger partial charge in [-0.15, -0.1) is 0 Å². The van der Waals surface area contributed by atoms with Crippen LogP contribution in [-0.2, 0) is 31.4 Å². The molecule has 3 fully saturated rings. The number of pyridine rings is 2. The van der Waals surface area contributed by atoms with Gasteiger partial charge in [-0.2, -0.15) is 0 Å². The molecule has 4 aromatic rings. The molecule has 4 heterocycles. The standard InChI is InChI=1S/C38H45N5O2.C4H8/c1-5-37(44)43-14-12-31-28(7-6-8-30(31)26(43)3)22-41-15-17-42(18-16-41)24-35-25(2)19-29(20-33(35)27-9-10-27)36-23-40(4)38(45)34-21-39-13-11-32(34)36;1-4-2-3-4/h6-8,11,13,19-21,23,26-27H,5,9-10,12,14-18,22,24H2,1-4H3;4H,2-3H2,1H3. The van der Waals surface area contributed by atoms with E-state index in [1.54, 1.807) is 17.0 Å². The first-order valence-electron chi connectivity index (χ1n) is 18.6. The molecule has 2 saturated carbocycles. The molecule has 0 radical (unpaired) electrons. The van der Waals surface area contributed by atoms with Gasteiger partial charge in [0.05, 0.1) is 11.4 Å². The van der Waals surface area contributed by atoms with Crippen LogP contribution in [0.3, 0.4) is 0 Å². The lowest BCUT2D eigenvalue weighted by atomic mass is 9.89. The van der Waals surface area contributed by atoms with Crippen LogP contribution in [0.5, 0.6) is 0 Å². The Labute approximate surface area is 291 Å². The molecule has 7 nitrogen and oxygen atoms in total. The van der Waals surface area contributed by atoms with Gasteiger partial charge in [0.15, 0.2) is 0 Å². The highest BCUT2D eigenvalue weighted by molar-refractivity contribution is 5.95. The monoisotopic (exact) mass is 659 g/mol. The summed E-state index contributed by atoms with van der Waals surface area (Å²) in [6, 6.07) is 13.6. The molecule has 8 rings (SSSR count). The number of aromatic nitrogens is 2. The van der Waals surface area contributed by atoms with Crippen LogP contribution in [-0.4, -0.2) is 62.9 Å². The Bertz CT molecular complexity index is 1900. The SMILES string of the molecule is CC1CC1.CCC(=O)N1CCc2c(CN3CCN(Cc4c(C)cc(-c5cn(C)c(=O)c6cnccc56)cc4C4CC4)CC3)cccc2C1C. The molecule has 49 heavy (non-hydrogen) atoms. The van der Waals surface area contributed by atoms with Gasteiger partial charge in [0.1, 0.15) is 0 Å². The second kappa shape index (κ2) is 14.2. The van der Waals surface area contributed by atoms with Crippen molar-refractivity contribution < 1.29 is 4.79 Å². The Kier molecular flexibility index (Phi) is 9.76. The van der Waals surface area contributed by atoms with Crippen LogP contribution >= 0.6 is 0 Å². The molecule has 2 aliphatic carbocycles. The fourth-order valence-electron chi connectivity index (χ4n) is 7.89. The number of hydrogen-bond donors (Lipinski definition) is 0. The number of piperazine rings is 1. The molecule has 1 saturated heterocycles. The zero-order valence-electron chi connectivity index (χ0n) is 30.2. The van der Waals surface area contributed by atoms with Gasteiger partial charge in [0.25, 0.3) is 5.56 Å². The van der Waals surface area contributed by atoms with Gasteiger partial charge in [-0.25, -0.2) is 0 Å². The summed E-state index contributed by atoms with van der Waals surface area (Å²) >= 11 is 0. The average Bonchev–Trinajstić information content (AvgIpc) is 4.06. The van der Waals surface area contributed by atoms with Crippen molar-refractivity contribution in [2.24, 2.45) is 13.0 Å². The Hall–Kier alpha value is -3.81. The number of amides is 1. The highest BCUT2D eigenvalue weighted by Gasteiger charge is 2.31. The second-order valence-corrected chi connectivity index (χ2v) is 15.1. The molecule has 7 heteroatoms. The van der Waals surface area contributed by atoms with E-state index in [2.05, 4.69) is 70.8 Å². The zero-order chi connectivity index (χ0) is 34.2. The van der Waals surface area contributed by atoms with E-state index in [1.807, 2.05) is 26.2 Å². The predicted octanol–water partition coefficient (Wildman–Crippen LogP) is 7.38. The normalized spacial score (nSPS) is 19.8. The summed E-state index contributed by atoms with van der Waals surface area (Å²) in [6.45, 7) is 15.7. The number of fused-ring (bicyclic) bond motifs is 2. The van der Waals surface area contributed by atoms with Crippen LogP contribution in [0.2, 0.25) is 0 Å². The van der Waals surface area contributed by atoms with Gasteiger partial charge in [-0.3, -0.25) is 24.4 Å². The van der Waals surface area contributed by atoms with Gasteiger partial charge >= 0.3 is 0 Å². The molecule has 0 N–H and O–H groups in total. The second-order valence-electron chi connectivity index (χ2n) is 15.1. The van der Waals surface area contributed by atoms with E-state index in [4.69, 9.17) is 0 Å². The molecule has 0 bridgehead atoms. The van der Waals surface area contributed by atoms with Crippen molar-refractivity contribution in [3.8, 4) is 11.1 Å². The third-order valence-electron chi connectivity index (χ3n) is 11.4. The molecule has 2 aromatic heterocycles. The van der Waals surface area contributed by atoms with E-state index in [9.17, 15) is 9.59 Å². The first-order valence-corrected chi connectivity index (χ1v) is 18.6. The van der Waals surface area contributed by atoms with Crippen molar-refractivity contribution in [3.63, 3.8) is 0 Å². The first-order chi connectivity index (χ1) is 23.7. The molecule has 2 aliphatic heterocycles. The molecule has 4 aliphatic rings. The van der Waals surface area contributed by atoms with E-state index in [0.29, 0.717) is 17.7 Å². The third-order valence-corrected chi connectivity index (χ3v) is 11.4. The number of hydrogen-bond acceptors (Lipinski definition) is 5. The quantitative estimate of drug-likeness (QED) is 0.207. The minimum Gasteiger partial charge on any atom is -0.336 e.